The van der Waals surface area contributed by atoms with Crippen LogP contribution >= 0.6 is 15.9 Å². The zero-order valence-corrected chi connectivity index (χ0v) is 12.4. The van der Waals surface area contributed by atoms with E-state index in [0.29, 0.717) is 5.56 Å². The van der Waals surface area contributed by atoms with Gasteiger partial charge in [-0.05, 0) is 42.5 Å². The van der Waals surface area contributed by atoms with Gasteiger partial charge in [-0.2, -0.15) is 0 Å². The Morgan fingerprint density at radius 1 is 1.11 bits per heavy atom. The summed E-state index contributed by atoms with van der Waals surface area (Å²) in [5, 5.41) is 9.71. The summed E-state index contributed by atoms with van der Waals surface area (Å²) < 4.78 is 0.912. The molecule has 0 aromatic heterocycles. The van der Waals surface area contributed by atoms with Crippen molar-refractivity contribution < 1.29 is 5.11 Å². The highest BCUT2D eigenvalue weighted by atomic mass is 79.9. The number of rotatable bonds is 3. The summed E-state index contributed by atoms with van der Waals surface area (Å²) in [7, 11) is 4.00. The largest absolute Gasteiger partial charge is 0.507 e. The maximum absolute atomic E-state index is 9.71. The maximum Gasteiger partial charge on any atom is 0.124 e. The Kier molecular flexibility index (Phi) is 4.22. The molecule has 98 valence electrons. The number of phenolic OH excluding ortho intramolecular Hbond substituents is 1. The fourth-order valence-electron chi connectivity index (χ4n) is 1.61. The van der Waals surface area contributed by atoms with Crippen LogP contribution in [-0.2, 0) is 0 Å². The Morgan fingerprint density at radius 3 is 2.42 bits per heavy atom. The summed E-state index contributed by atoms with van der Waals surface area (Å²) in [5.41, 5.74) is 2.67. The molecule has 0 unspecified atom stereocenters. The highest BCUT2D eigenvalue weighted by Crippen LogP contribution is 2.22. The topological polar surface area (TPSA) is 35.8 Å². The van der Waals surface area contributed by atoms with Gasteiger partial charge in [0, 0.05) is 36.0 Å². The molecule has 0 aliphatic rings. The van der Waals surface area contributed by atoms with Gasteiger partial charge in [-0.3, -0.25) is 4.99 Å². The summed E-state index contributed by atoms with van der Waals surface area (Å²) in [4.78, 5) is 6.39. The second kappa shape index (κ2) is 5.89. The van der Waals surface area contributed by atoms with Crippen molar-refractivity contribution in [3.63, 3.8) is 0 Å². The predicted molar refractivity (Wildman–Crippen MR) is 83.8 cm³/mol. The minimum Gasteiger partial charge on any atom is -0.507 e. The minimum atomic E-state index is 0.219. The summed E-state index contributed by atoms with van der Waals surface area (Å²) in [5.74, 6) is 0.219. The second-order valence-corrected chi connectivity index (χ2v) is 5.29. The lowest BCUT2D eigenvalue weighted by Gasteiger charge is -2.11. The third-order valence-corrected chi connectivity index (χ3v) is 3.20. The predicted octanol–water partition coefficient (Wildman–Crippen LogP) is 3.97. The Hall–Kier alpha value is -1.81. The van der Waals surface area contributed by atoms with Crippen molar-refractivity contribution in [1.82, 2.24) is 0 Å². The number of phenols is 1. The summed E-state index contributed by atoms with van der Waals surface area (Å²) >= 11 is 3.37. The van der Waals surface area contributed by atoms with Crippen LogP contribution in [-0.4, -0.2) is 25.4 Å². The number of anilines is 1. The Bertz CT molecular complexity index is 592. The molecule has 0 radical (unpaired) electrons. The van der Waals surface area contributed by atoms with Crippen LogP contribution in [0.25, 0.3) is 0 Å². The molecule has 2 aromatic carbocycles. The average Bonchev–Trinajstić information content (AvgIpc) is 2.40. The zero-order chi connectivity index (χ0) is 13.8. The van der Waals surface area contributed by atoms with Gasteiger partial charge < -0.3 is 10.0 Å². The highest BCUT2D eigenvalue weighted by Gasteiger charge is 1.99. The van der Waals surface area contributed by atoms with Gasteiger partial charge in [0.05, 0.1) is 5.69 Å². The summed E-state index contributed by atoms with van der Waals surface area (Å²) in [6, 6.07) is 13.2. The normalized spacial score (nSPS) is 10.9. The molecule has 0 aliphatic carbocycles. The molecule has 0 atom stereocenters. The first kappa shape index (κ1) is 13.6. The molecule has 4 heteroatoms. The third kappa shape index (κ3) is 3.58. The SMILES string of the molecule is CN(C)c1ccc(N=Cc2cc(Br)ccc2O)cc1. The molecule has 0 fully saturated rings. The molecule has 0 bridgehead atoms. The quantitative estimate of drug-likeness (QED) is 0.869. The summed E-state index contributed by atoms with van der Waals surface area (Å²) in [6.45, 7) is 0. The van der Waals surface area contributed by atoms with Gasteiger partial charge in [0.15, 0.2) is 0 Å². The smallest absolute Gasteiger partial charge is 0.124 e. The average molecular weight is 319 g/mol. The van der Waals surface area contributed by atoms with E-state index in [1.54, 1.807) is 18.3 Å². The third-order valence-electron chi connectivity index (χ3n) is 2.71. The van der Waals surface area contributed by atoms with E-state index in [4.69, 9.17) is 0 Å². The molecule has 0 saturated carbocycles. The molecule has 2 rings (SSSR count). The lowest BCUT2D eigenvalue weighted by Crippen LogP contribution is -2.07. The van der Waals surface area contributed by atoms with E-state index in [2.05, 4.69) is 20.9 Å². The van der Waals surface area contributed by atoms with E-state index in [9.17, 15) is 5.11 Å². The molecular formula is C15H15BrN2O. The van der Waals surface area contributed by atoms with Gasteiger partial charge in [0.2, 0.25) is 0 Å². The van der Waals surface area contributed by atoms with Crippen molar-refractivity contribution in [2.45, 2.75) is 0 Å². The molecule has 0 amide bonds. The Morgan fingerprint density at radius 2 is 1.79 bits per heavy atom. The van der Waals surface area contributed by atoms with Crippen molar-refractivity contribution in [2.24, 2.45) is 4.99 Å². The molecule has 2 aromatic rings. The molecule has 3 nitrogen and oxygen atoms in total. The van der Waals surface area contributed by atoms with Crippen LogP contribution in [0.1, 0.15) is 5.56 Å². The van der Waals surface area contributed by atoms with Crippen LogP contribution in [0.3, 0.4) is 0 Å². The van der Waals surface area contributed by atoms with Crippen LogP contribution in [0.4, 0.5) is 11.4 Å². The Balaban J connectivity index is 2.20. The van der Waals surface area contributed by atoms with Crippen LogP contribution in [0.15, 0.2) is 51.9 Å². The number of aliphatic imine (C=N–C) groups is 1. The van der Waals surface area contributed by atoms with Gasteiger partial charge in [0.25, 0.3) is 0 Å². The fourth-order valence-corrected chi connectivity index (χ4v) is 1.99. The lowest BCUT2D eigenvalue weighted by molar-refractivity contribution is 0.474. The molecule has 0 saturated heterocycles. The molecule has 0 heterocycles. The molecule has 1 N–H and O–H groups in total. The summed E-state index contributed by atoms with van der Waals surface area (Å²) in [6.07, 6.45) is 1.66. The highest BCUT2D eigenvalue weighted by molar-refractivity contribution is 9.10. The fraction of sp³-hybridized carbons (Fsp3) is 0.133. The number of benzene rings is 2. The number of hydrogen-bond acceptors (Lipinski definition) is 3. The number of nitrogens with zero attached hydrogens (tertiary/aromatic N) is 2. The zero-order valence-electron chi connectivity index (χ0n) is 10.8. The van der Waals surface area contributed by atoms with E-state index in [-0.39, 0.29) is 5.75 Å². The van der Waals surface area contributed by atoms with Crippen LogP contribution < -0.4 is 4.90 Å². The van der Waals surface area contributed by atoms with E-state index in [1.807, 2.05) is 49.3 Å². The van der Waals surface area contributed by atoms with Crippen molar-refractivity contribution in [2.75, 3.05) is 19.0 Å². The van der Waals surface area contributed by atoms with Crippen molar-refractivity contribution in [3.05, 3.63) is 52.5 Å². The van der Waals surface area contributed by atoms with E-state index >= 15 is 0 Å². The van der Waals surface area contributed by atoms with E-state index in [0.717, 1.165) is 15.8 Å². The standard InChI is InChI=1S/C15H15BrN2O/c1-18(2)14-6-4-13(5-7-14)17-10-11-9-12(16)3-8-15(11)19/h3-10,19H,1-2H3. The van der Waals surface area contributed by atoms with Crippen molar-refractivity contribution in [1.29, 1.82) is 0 Å². The number of halogens is 1. The van der Waals surface area contributed by atoms with Gasteiger partial charge in [-0.1, -0.05) is 15.9 Å². The molecular weight excluding hydrogens is 304 g/mol. The van der Waals surface area contributed by atoms with E-state index in [1.165, 1.54) is 0 Å². The van der Waals surface area contributed by atoms with Crippen LogP contribution in [0, 0.1) is 0 Å². The number of hydrogen-bond donors (Lipinski definition) is 1. The first-order valence-corrected chi connectivity index (χ1v) is 6.65. The van der Waals surface area contributed by atoms with Crippen molar-refractivity contribution >= 4 is 33.5 Å². The van der Waals surface area contributed by atoms with Gasteiger partial charge in [-0.25, -0.2) is 0 Å². The Labute approximate surface area is 121 Å². The van der Waals surface area contributed by atoms with Gasteiger partial charge >= 0.3 is 0 Å². The minimum absolute atomic E-state index is 0.219. The van der Waals surface area contributed by atoms with Crippen molar-refractivity contribution in [3.8, 4) is 5.75 Å². The first-order chi connectivity index (χ1) is 9.06. The van der Waals surface area contributed by atoms with Crippen LogP contribution in [0.2, 0.25) is 0 Å². The molecule has 0 spiro atoms. The lowest BCUT2D eigenvalue weighted by atomic mass is 10.2. The maximum atomic E-state index is 9.71. The first-order valence-electron chi connectivity index (χ1n) is 5.86. The second-order valence-electron chi connectivity index (χ2n) is 4.37. The molecule has 0 aliphatic heterocycles. The van der Waals surface area contributed by atoms with E-state index < -0.39 is 0 Å². The van der Waals surface area contributed by atoms with Crippen LogP contribution in [0.5, 0.6) is 5.75 Å². The monoisotopic (exact) mass is 318 g/mol. The van der Waals surface area contributed by atoms with Gasteiger partial charge in [0.1, 0.15) is 5.75 Å². The van der Waals surface area contributed by atoms with Gasteiger partial charge in [-0.15, -0.1) is 0 Å². The molecule has 19 heavy (non-hydrogen) atoms. The number of aromatic hydroxyl groups is 1.